The van der Waals surface area contributed by atoms with Gasteiger partial charge in [0, 0.05) is 46.6 Å². The topological polar surface area (TPSA) is 65.6 Å². The van der Waals surface area contributed by atoms with Crippen molar-refractivity contribution < 1.29 is 9.84 Å². The highest BCUT2D eigenvalue weighted by Gasteiger charge is 2.22. The van der Waals surface area contributed by atoms with Crippen LogP contribution < -0.4 is 10.5 Å². The minimum absolute atomic E-state index is 0.139. The van der Waals surface area contributed by atoms with Crippen molar-refractivity contribution in [1.82, 2.24) is 4.98 Å². The molecule has 5 nitrogen and oxygen atoms in total. The van der Waals surface area contributed by atoms with Crippen LogP contribution in [0.2, 0.25) is 0 Å². The maximum Gasteiger partial charge on any atom is 0.250 e. The zero-order valence-corrected chi connectivity index (χ0v) is 16.1. The number of nitrogens with one attached hydrogen (secondary N) is 1. The molecule has 0 spiro atoms. The van der Waals surface area contributed by atoms with E-state index >= 15 is 0 Å². The smallest absolute Gasteiger partial charge is 0.250 e. The molecule has 0 saturated carbocycles. The minimum Gasteiger partial charge on any atom is -0.508 e. The van der Waals surface area contributed by atoms with Gasteiger partial charge in [0.25, 0.3) is 0 Å². The fourth-order valence-electron chi connectivity index (χ4n) is 3.88. The molecule has 6 heteroatoms. The van der Waals surface area contributed by atoms with Crippen LogP contribution in [-0.2, 0) is 11.2 Å². The van der Waals surface area contributed by atoms with Crippen molar-refractivity contribution in [2.24, 2.45) is 0 Å². The third kappa shape index (κ3) is 3.19. The number of nitrogens with zero attached hydrogens (tertiary/aromatic N) is 1. The number of aromatic nitrogens is 1. The Morgan fingerprint density at radius 3 is 2.71 bits per heavy atom. The molecule has 0 bridgehead atoms. The van der Waals surface area contributed by atoms with Crippen molar-refractivity contribution in [3.8, 4) is 17.0 Å². The standard InChI is InChI=1S/C22H20N2O3S/c25-16-12-17(18-9-14-3-1-2-4-20(14)28-21(18)13-16)19-10-15(11-22(26)23-19)24-5-7-27-8-6-24/h1-4,10-13,25H,5-9H2,(H,23,26). The number of phenols is 1. The number of H-pyrrole nitrogens is 1. The number of rotatable bonds is 2. The van der Waals surface area contributed by atoms with Crippen LogP contribution in [0.1, 0.15) is 11.1 Å². The van der Waals surface area contributed by atoms with E-state index in [9.17, 15) is 9.90 Å². The second-order valence-electron chi connectivity index (χ2n) is 7.07. The molecule has 1 fully saturated rings. The lowest BCUT2D eigenvalue weighted by atomic mass is 9.96. The van der Waals surface area contributed by atoms with Gasteiger partial charge in [0.2, 0.25) is 5.56 Å². The number of pyridine rings is 1. The number of hydrogen-bond donors (Lipinski definition) is 2. The third-order valence-corrected chi connectivity index (χ3v) is 6.45. The highest BCUT2D eigenvalue weighted by molar-refractivity contribution is 7.99. The maximum atomic E-state index is 12.4. The van der Waals surface area contributed by atoms with Crippen LogP contribution in [0.15, 0.2) is 63.1 Å². The summed E-state index contributed by atoms with van der Waals surface area (Å²) in [6.45, 7) is 2.86. The Labute approximate surface area is 167 Å². The summed E-state index contributed by atoms with van der Waals surface area (Å²) in [4.78, 5) is 19.8. The molecular weight excluding hydrogens is 372 g/mol. The Hall–Kier alpha value is -2.70. The molecule has 2 aliphatic rings. The van der Waals surface area contributed by atoms with Crippen LogP contribution in [0, 0.1) is 0 Å². The fraction of sp³-hybridized carbons (Fsp3) is 0.227. The summed E-state index contributed by atoms with van der Waals surface area (Å²) in [6.07, 6.45) is 0.776. The van der Waals surface area contributed by atoms with Gasteiger partial charge in [-0.25, -0.2) is 0 Å². The summed E-state index contributed by atoms with van der Waals surface area (Å²) >= 11 is 1.66. The summed E-state index contributed by atoms with van der Waals surface area (Å²) in [5.41, 5.74) is 4.77. The van der Waals surface area contributed by atoms with Crippen molar-refractivity contribution in [2.75, 3.05) is 31.2 Å². The number of aromatic hydroxyl groups is 1. The van der Waals surface area contributed by atoms with Gasteiger partial charge in [0.05, 0.1) is 18.9 Å². The Kier molecular flexibility index (Phi) is 4.37. The highest BCUT2D eigenvalue weighted by Crippen LogP contribution is 2.44. The molecule has 3 aromatic rings. The lowest BCUT2D eigenvalue weighted by Gasteiger charge is -2.29. The third-order valence-electron chi connectivity index (χ3n) is 5.25. The first-order valence-corrected chi connectivity index (χ1v) is 10.2. The van der Waals surface area contributed by atoms with Crippen LogP contribution in [-0.4, -0.2) is 36.4 Å². The van der Waals surface area contributed by atoms with E-state index in [4.69, 9.17) is 4.74 Å². The number of morpholine rings is 1. The second-order valence-corrected chi connectivity index (χ2v) is 8.16. The Bertz CT molecular complexity index is 1100. The molecule has 5 rings (SSSR count). The van der Waals surface area contributed by atoms with E-state index in [0.717, 1.165) is 46.9 Å². The van der Waals surface area contributed by atoms with E-state index in [0.29, 0.717) is 13.2 Å². The summed E-state index contributed by atoms with van der Waals surface area (Å²) in [7, 11) is 0. The van der Waals surface area contributed by atoms with Gasteiger partial charge in [-0.2, -0.15) is 0 Å². The van der Waals surface area contributed by atoms with Crippen LogP contribution in [0.25, 0.3) is 11.3 Å². The summed E-state index contributed by atoms with van der Waals surface area (Å²) in [6, 6.07) is 15.5. The number of ether oxygens (including phenoxy) is 1. The molecule has 0 aliphatic carbocycles. The highest BCUT2D eigenvalue weighted by atomic mass is 32.2. The van der Waals surface area contributed by atoms with E-state index < -0.39 is 0 Å². The number of fused-ring (bicyclic) bond motifs is 2. The molecule has 0 radical (unpaired) electrons. The SMILES string of the molecule is O=c1cc(N2CCOCC2)cc(-c2cc(O)cc3c2Cc2ccccc2S3)[nH]1. The van der Waals surface area contributed by atoms with E-state index in [1.54, 1.807) is 23.9 Å². The van der Waals surface area contributed by atoms with E-state index in [1.807, 2.05) is 24.3 Å². The zero-order chi connectivity index (χ0) is 19.1. The van der Waals surface area contributed by atoms with Gasteiger partial charge in [-0.1, -0.05) is 30.0 Å². The van der Waals surface area contributed by atoms with Gasteiger partial charge in [-0.05, 0) is 35.4 Å². The molecule has 28 heavy (non-hydrogen) atoms. The quantitative estimate of drug-likeness (QED) is 0.545. The van der Waals surface area contributed by atoms with Crippen LogP contribution >= 0.6 is 11.8 Å². The molecule has 2 N–H and O–H groups in total. The average Bonchev–Trinajstić information content (AvgIpc) is 2.72. The van der Waals surface area contributed by atoms with Crippen molar-refractivity contribution >= 4 is 17.4 Å². The maximum absolute atomic E-state index is 12.4. The van der Waals surface area contributed by atoms with E-state index in [1.165, 1.54) is 10.5 Å². The predicted octanol–water partition coefficient (Wildman–Crippen LogP) is 3.64. The second kappa shape index (κ2) is 7.04. The molecule has 1 saturated heterocycles. The molecule has 2 aliphatic heterocycles. The molecule has 142 valence electrons. The van der Waals surface area contributed by atoms with Crippen molar-refractivity contribution in [3.63, 3.8) is 0 Å². The normalized spacial score (nSPS) is 15.8. The minimum atomic E-state index is -0.139. The summed E-state index contributed by atoms with van der Waals surface area (Å²) in [5.74, 6) is 0.207. The summed E-state index contributed by atoms with van der Waals surface area (Å²) < 4.78 is 5.43. The number of aromatic amines is 1. The monoisotopic (exact) mass is 392 g/mol. The molecular formula is C22H20N2O3S. The van der Waals surface area contributed by atoms with Crippen molar-refractivity contribution in [3.05, 3.63) is 70.0 Å². The Morgan fingerprint density at radius 2 is 1.86 bits per heavy atom. The number of hydrogen-bond acceptors (Lipinski definition) is 5. The predicted molar refractivity (Wildman–Crippen MR) is 111 cm³/mol. The molecule has 1 aromatic heterocycles. The van der Waals surface area contributed by atoms with Crippen LogP contribution in [0.3, 0.4) is 0 Å². The van der Waals surface area contributed by atoms with Crippen LogP contribution in [0.5, 0.6) is 5.75 Å². The lowest BCUT2D eigenvalue weighted by molar-refractivity contribution is 0.122. The number of benzene rings is 2. The first-order valence-electron chi connectivity index (χ1n) is 9.36. The van der Waals surface area contributed by atoms with Gasteiger partial charge < -0.3 is 19.7 Å². The lowest BCUT2D eigenvalue weighted by Crippen LogP contribution is -2.36. The van der Waals surface area contributed by atoms with Gasteiger partial charge >= 0.3 is 0 Å². The molecule has 0 atom stereocenters. The molecule has 0 amide bonds. The summed E-state index contributed by atoms with van der Waals surface area (Å²) in [5, 5.41) is 10.3. The molecule has 2 aromatic carbocycles. The fourth-order valence-corrected chi connectivity index (χ4v) is 5.02. The Morgan fingerprint density at radius 1 is 1.04 bits per heavy atom. The number of anilines is 1. The number of phenolic OH excluding ortho intramolecular Hbond substituents is 1. The van der Waals surface area contributed by atoms with Crippen molar-refractivity contribution in [2.45, 2.75) is 16.2 Å². The van der Waals surface area contributed by atoms with Gasteiger partial charge in [0.1, 0.15) is 5.75 Å². The Balaban J connectivity index is 1.62. The first-order chi connectivity index (χ1) is 13.7. The van der Waals surface area contributed by atoms with Gasteiger partial charge in [-0.15, -0.1) is 0 Å². The first kappa shape index (κ1) is 17.4. The van der Waals surface area contributed by atoms with Gasteiger partial charge in [0.15, 0.2) is 0 Å². The largest absolute Gasteiger partial charge is 0.508 e. The molecule has 0 unspecified atom stereocenters. The molecule has 3 heterocycles. The van der Waals surface area contributed by atoms with E-state index in [2.05, 4.69) is 22.0 Å². The van der Waals surface area contributed by atoms with Crippen LogP contribution in [0.4, 0.5) is 5.69 Å². The average molecular weight is 392 g/mol. The van der Waals surface area contributed by atoms with E-state index in [-0.39, 0.29) is 11.3 Å². The zero-order valence-electron chi connectivity index (χ0n) is 15.3. The van der Waals surface area contributed by atoms with Crippen molar-refractivity contribution in [1.29, 1.82) is 0 Å². The van der Waals surface area contributed by atoms with Gasteiger partial charge in [-0.3, -0.25) is 4.79 Å².